The Morgan fingerprint density at radius 3 is 2.48 bits per heavy atom. The third-order valence-electron chi connectivity index (χ3n) is 7.31. The SMILES string of the molecule is CC(=O)OC1CCC2(C)CCC3C(C)C(CC(=O)O)CCC3C12. The number of esters is 1. The summed E-state index contributed by atoms with van der Waals surface area (Å²) in [6.07, 6.45) is 7.05. The Balaban J connectivity index is 1.79. The van der Waals surface area contributed by atoms with E-state index in [1.165, 1.54) is 19.8 Å². The second-order valence-corrected chi connectivity index (χ2v) is 8.53. The minimum atomic E-state index is -0.667. The molecule has 7 unspecified atom stereocenters. The van der Waals surface area contributed by atoms with Gasteiger partial charge in [0, 0.05) is 19.3 Å². The van der Waals surface area contributed by atoms with Crippen LogP contribution in [-0.2, 0) is 14.3 Å². The van der Waals surface area contributed by atoms with Crippen LogP contribution in [0.3, 0.4) is 0 Å². The minimum Gasteiger partial charge on any atom is -0.481 e. The van der Waals surface area contributed by atoms with E-state index in [4.69, 9.17) is 9.84 Å². The summed E-state index contributed by atoms with van der Waals surface area (Å²) in [4.78, 5) is 22.6. The summed E-state index contributed by atoms with van der Waals surface area (Å²) >= 11 is 0. The zero-order chi connectivity index (χ0) is 16.8. The largest absolute Gasteiger partial charge is 0.481 e. The van der Waals surface area contributed by atoms with Crippen LogP contribution in [0.25, 0.3) is 0 Å². The van der Waals surface area contributed by atoms with Gasteiger partial charge in [-0.15, -0.1) is 0 Å². The fourth-order valence-corrected chi connectivity index (χ4v) is 6.25. The van der Waals surface area contributed by atoms with Gasteiger partial charge in [-0.1, -0.05) is 13.8 Å². The Bertz CT molecular complexity index is 488. The van der Waals surface area contributed by atoms with Crippen LogP contribution >= 0.6 is 0 Å². The van der Waals surface area contributed by atoms with Crippen molar-refractivity contribution in [1.29, 1.82) is 0 Å². The van der Waals surface area contributed by atoms with E-state index in [1.807, 2.05) is 0 Å². The quantitative estimate of drug-likeness (QED) is 0.801. The molecule has 0 heterocycles. The molecule has 0 amide bonds. The zero-order valence-corrected chi connectivity index (χ0v) is 14.6. The Hall–Kier alpha value is -1.06. The molecule has 3 aliphatic carbocycles. The smallest absolute Gasteiger partial charge is 0.303 e. The highest BCUT2D eigenvalue weighted by Gasteiger charge is 2.56. The van der Waals surface area contributed by atoms with Gasteiger partial charge < -0.3 is 9.84 Å². The molecular weight excluding hydrogens is 292 g/mol. The van der Waals surface area contributed by atoms with E-state index in [0.717, 1.165) is 25.7 Å². The van der Waals surface area contributed by atoms with Crippen molar-refractivity contribution in [3.63, 3.8) is 0 Å². The van der Waals surface area contributed by atoms with E-state index < -0.39 is 5.97 Å². The number of carbonyl (C=O) groups is 2. The summed E-state index contributed by atoms with van der Waals surface area (Å²) in [5.74, 6) is 1.62. The molecule has 0 saturated heterocycles. The van der Waals surface area contributed by atoms with Crippen molar-refractivity contribution < 1.29 is 19.4 Å². The molecule has 4 nitrogen and oxygen atoms in total. The van der Waals surface area contributed by atoms with Gasteiger partial charge in [0.1, 0.15) is 6.10 Å². The third kappa shape index (κ3) is 3.01. The molecule has 4 heteroatoms. The van der Waals surface area contributed by atoms with Crippen LogP contribution in [0.5, 0.6) is 0 Å². The first-order valence-corrected chi connectivity index (χ1v) is 9.21. The number of carbonyl (C=O) groups excluding carboxylic acids is 1. The molecule has 3 saturated carbocycles. The lowest BCUT2D eigenvalue weighted by Gasteiger charge is -2.53. The van der Waals surface area contributed by atoms with Crippen LogP contribution in [0.1, 0.15) is 65.7 Å². The first-order valence-electron chi connectivity index (χ1n) is 9.21. The summed E-state index contributed by atoms with van der Waals surface area (Å²) in [5, 5.41) is 9.15. The number of fused-ring (bicyclic) bond motifs is 3. The molecule has 0 aliphatic heterocycles. The first kappa shape index (κ1) is 16.8. The predicted octanol–water partition coefficient (Wildman–Crippen LogP) is 3.88. The van der Waals surface area contributed by atoms with E-state index in [-0.39, 0.29) is 12.1 Å². The Morgan fingerprint density at radius 1 is 1.13 bits per heavy atom. The van der Waals surface area contributed by atoms with Gasteiger partial charge >= 0.3 is 11.9 Å². The molecule has 130 valence electrons. The monoisotopic (exact) mass is 322 g/mol. The highest BCUT2D eigenvalue weighted by atomic mass is 16.5. The molecule has 0 bridgehead atoms. The van der Waals surface area contributed by atoms with Gasteiger partial charge in [0.25, 0.3) is 0 Å². The van der Waals surface area contributed by atoms with E-state index in [2.05, 4.69) is 13.8 Å². The van der Waals surface area contributed by atoms with E-state index in [1.54, 1.807) is 0 Å². The highest BCUT2D eigenvalue weighted by molar-refractivity contribution is 5.67. The Morgan fingerprint density at radius 2 is 1.83 bits per heavy atom. The van der Waals surface area contributed by atoms with E-state index >= 15 is 0 Å². The maximum Gasteiger partial charge on any atom is 0.303 e. The number of ether oxygens (including phenoxy) is 1. The lowest BCUT2D eigenvalue weighted by atomic mass is 9.52. The minimum absolute atomic E-state index is 0.0773. The molecule has 0 spiro atoms. The molecule has 0 radical (unpaired) electrons. The van der Waals surface area contributed by atoms with Gasteiger partial charge in [-0.25, -0.2) is 0 Å². The molecular formula is C19H30O4. The lowest BCUT2D eigenvalue weighted by Crippen LogP contribution is -2.48. The molecule has 1 N–H and O–H groups in total. The summed E-state index contributed by atoms with van der Waals surface area (Å²) in [6.45, 7) is 6.15. The fraction of sp³-hybridized carbons (Fsp3) is 0.895. The van der Waals surface area contributed by atoms with Crippen LogP contribution < -0.4 is 0 Å². The highest BCUT2D eigenvalue weighted by Crippen LogP contribution is 2.61. The Kier molecular flexibility index (Phi) is 4.45. The number of hydrogen-bond acceptors (Lipinski definition) is 3. The number of aliphatic carboxylic acids is 1. The number of rotatable bonds is 3. The van der Waals surface area contributed by atoms with E-state index in [0.29, 0.717) is 41.4 Å². The molecule has 3 rings (SSSR count). The summed E-state index contributed by atoms with van der Waals surface area (Å²) < 4.78 is 5.69. The van der Waals surface area contributed by atoms with Crippen LogP contribution in [-0.4, -0.2) is 23.1 Å². The van der Waals surface area contributed by atoms with Crippen molar-refractivity contribution in [3.8, 4) is 0 Å². The summed E-state index contributed by atoms with van der Waals surface area (Å²) in [5.41, 5.74) is 0.306. The zero-order valence-electron chi connectivity index (χ0n) is 14.6. The second kappa shape index (κ2) is 6.10. The predicted molar refractivity (Wildman–Crippen MR) is 86.7 cm³/mol. The maximum absolute atomic E-state index is 11.5. The lowest BCUT2D eigenvalue weighted by molar-refractivity contribution is -0.155. The van der Waals surface area contributed by atoms with Crippen molar-refractivity contribution >= 4 is 11.9 Å². The molecule has 3 aliphatic rings. The van der Waals surface area contributed by atoms with Crippen molar-refractivity contribution in [1.82, 2.24) is 0 Å². The third-order valence-corrected chi connectivity index (χ3v) is 7.31. The van der Waals surface area contributed by atoms with Crippen molar-refractivity contribution in [2.75, 3.05) is 0 Å². The van der Waals surface area contributed by atoms with Crippen LogP contribution in [0.4, 0.5) is 0 Å². The molecule has 0 aromatic rings. The molecule has 0 aromatic carbocycles. The molecule has 0 aromatic heterocycles. The summed E-state index contributed by atoms with van der Waals surface area (Å²) in [7, 11) is 0. The average molecular weight is 322 g/mol. The van der Waals surface area contributed by atoms with Gasteiger partial charge in [0.2, 0.25) is 0 Å². The van der Waals surface area contributed by atoms with Crippen molar-refractivity contribution in [3.05, 3.63) is 0 Å². The molecule has 23 heavy (non-hydrogen) atoms. The number of carboxylic acid groups (broad SMARTS) is 1. The summed E-state index contributed by atoms with van der Waals surface area (Å²) in [6, 6.07) is 0. The standard InChI is InChI=1S/C19H30O4/c1-11-13(10-17(21)22)4-5-15-14(11)6-8-19(3)9-7-16(18(15)19)23-12(2)20/h11,13-16,18H,4-10H2,1-3H3,(H,21,22). The fourth-order valence-electron chi connectivity index (χ4n) is 6.25. The molecule has 3 fully saturated rings. The second-order valence-electron chi connectivity index (χ2n) is 8.53. The average Bonchev–Trinajstić information content (AvgIpc) is 2.78. The van der Waals surface area contributed by atoms with Crippen LogP contribution in [0.15, 0.2) is 0 Å². The number of carboxylic acids is 1. The topological polar surface area (TPSA) is 63.6 Å². The Labute approximate surface area is 139 Å². The van der Waals surface area contributed by atoms with Gasteiger partial charge in [-0.2, -0.15) is 0 Å². The first-order chi connectivity index (χ1) is 10.8. The van der Waals surface area contributed by atoms with Gasteiger partial charge in [-0.3, -0.25) is 9.59 Å². The van der Waals surface area contributed by atoms with Gasteiger partial charge in [-0.05, 0) is 67.6 Å². The van der Waals surface area contributed by atoms with Gasteiger partial charge in [0.15, 0.2) is 0 Å². The van der Waals surface area contributed by atoms with Crippen LogP contribution in [0.2, 0.25) is 0 Å². The van der Waals surface area contributed by atoms with E-state index in [9.17, 15) is 9.59 Å². The molecule has 7 atom stereocenters. The van der Waals surface area contributed by atoms with Crippen molar-refractivity contribution in [2.24, 2.45) is 35.0 Å². The van der Waals surface area contributed by atoms with Crippen LogP contribution in [0, 0.1) is 35.0 Å². The normalized spacial score (nSPS) is 45.9. The maximum atomic E-state index is 11.5. The van der Waals surface area contributed by atoms with Crippen molar-refractivity contribution in [2.45, 2.75) is 71.8 Å². The van der Waals surface area contributed by atoms with Gasteiger partial charge in [0.05, 0.1) is 0 Å². The number of hydrogen-bond donors (Lipinski definition) is 1.